The van der Waals surface area contributed by atoms with E-state index in [9.17, 15) is 14.4 Å². The van der Waals surface area contributed by atoms with Crippen LogP contribution in [-0.4, -0.2) is 30.7 Å². The van der Waals surface area contributed by atoms with Crippen molar-refractivity contribution in [2.75, 3.05) is 18.5 Å². The Kier molecular flexibility index (Phi) is 5.42. The van der Waals surface area contributed by atoms with E-state index in [4.69, 9.17) is 9.47 Å². The number of aryl methyl sites for hydroxylation is 2. The number of nitrogens with one attached hydrogen (secondary N) is 1. The lowest BCUT2D eigenvalue weighted by Gasteiger charge is -2.16. The van der Waals surface area contributed by atoms with Gasteiger partial charge in [-0.05, 0) is 55.0 Å². The standard InChI is InChI=1S/C23H21NO5/c25-19(17-11-10-15-6-4-5-7-16(15)12-17)13-29-23(27)21-20(26)14-28-22(21)24-18-8-2-1-3-9-18/h1-3,8-12,24H,4-7,13-14H2. The molecule has 0 atom stereocenters. The summed E-state index contributed by atoms with van der Waals surface area (Å²) in [5, 5.41) is 2.91. The molecule has 1 aliphatic carbocycles. The predicted molar refractivity (Wildman–Crippen MR) is 106 cm³/mol. The van der Waals surface area contributed by atoms with Gasteiger partial charge in [-0.2, -0.15) is 0 Å². The monoisotopic (exact) mass is 391 g/mol. The quantitative estimate of drug-likeness (QED) is 0.463. The lowest BCUT2D eigenvalue weighted by Crippen LogP contribution is -2.20. The molecule has 1 aliphatic heterocycles. The second-order valence-electron chi connectivity index (χ2n) is 7.10. The minimum atomic E-state index is -0.864. The SMILES string of the molecule is O=C1COC(Nc2ccccc2)=C1C(=O)OCC(=O)c1ccc2c(c1)CCCC2. The number of ether oxygens (including phenoxy) is 2. The van der Waals surface area contributed by atoms with Crippen LogP contribution in [0.25, 0.3) is 0 Å². The molecule has 1 N–H and O–H groups in total. The number of ketones is 2. The van der Waals surface area contributed by atoms with Crippen molar-refractivity contribution in [1.29, 1.82) is 0 Å². The van der Waals surface area contributed by atoms with Crippen LogP contribution < -0.4 is 5.32 Å². The molecule has 0 amide bonds. The van der Waals surface area contributed by atoms with E-state index in [1.54, 1.807) is 18.2 Å². The second-order valence-corrected chi connectivity index (χ2v) is 7.10. The van der Waals surface area contributed by atoms with E-state index in [-0.39, 0.29) is 23.8 Å². The molecule has 6 heteroatoms. The highest BCUT2D eigenvalue weighted by Gasteiger charge is 2.33. The van der Waals surface area contributed by atoms with E-state index in [0.29, 0.717) is 11.3 Å². The van der Waals surface area contributed by atoms with Crippen LogP contribution in [0.15, 0.2) is 60.0 Å². The first kappa shape index (κ1) is 18.9. The van der Waals surface area contributed by atoms with Crippen LogP contribution >= 0.6 is 0 Å². The van der Waals surface area contributed by atoms with Crippen LogP contribution in [-0.2, 0) is 31.9 Å². The topological polar surface area (TPSA) is 81.7 Å². The van der Waals surface area contributed by atoms with Gasteiger partial charge in [-0.3, -0.25) is 9.59 Å². The minimum absolute atomic E-state index is 0.0485. The zero-order valence-corrected chi connectivity index (χ0v) is 15.9. The van der Waals surface area contributed by atoms with Gasteiger partial charge in [0.1, 0.15) is 0 Å². The summed E-state index contributed by atoms with van der Waals surface area (Å²) < 4.78 is 10.4. The largest absolute Gasteiger partial charge is 0.470 e. The van der Waals surface area contributed by atoms with E-state index in [0.717, 1.165) is 19.3 Å². The molecule has 6 nitrogen and oxygen atoms in total. The van der Waals surface area contributed by atoms with Crippen LogP contribution in [0.1, 0.15) is 34.3 Å². The maximum Gasteiger partial charge on any atom is 0.347 e. The van der Waals surface area contributed by atoms with Gasteiger partial charge in [-0.1, -0.05) is 30.3 Å². The number of hydrogen-bond acceptors (Lipinski definition) is 6. The molecule has 1 heterocycles. The van der Waals surface area contributed by atoms with Gasteiger partial charge < -0.3 is 14.8 Å². The van der Waals surface area contributed by atoms with Crippen molar-refractivity contribution in [3.05, 3.63) is 76.7 Å². The van der Waals surface area contributed by atoms with E-state index in [1.807, 2.05) is 30.3 Å². The van der Waals surface area contributed by atoms with E-state index >= 15 is 0 Å². The molecule has 0 spiro atoms. The molecule has 29 heavy (non-hydrogen) atoms. The maximum absolute atomic E-state index is 12.5. The minimum Gasteiger partial charge on any atom is -0.470 e. The molecular weight excluding hydrogens is 370 g/mol. The first-order chi connectivity index (χ1) is 14.1. The van der Waals surface area contributed by atoms with Crippen LogP contribution in [0.3, 0.4) is 0 Å². The molecule has 2 aromatic rings. The average Bonchev–Trinajstić information content (AvgIpc) is 3.12. The Balaban J connectivity index is 1.43. The number of carbonyl (C=O) groups excluding carboxylic acids is 3. The van der Waals surface area contributed by atoms with Gasteiger partial charge in [-0.15, -0.1) is 0 Å². The van der Waals surface area contributed by atoms with Crippen molar-refractivity contribution < 1.29 is 23.9 Å². The van der Waals surface area contributed by atoms with E-state index in [2.05, 4.69) is 5.32 Å². The lowest BCUT2D eigenvalue weighted by atomic mass is 9.90. The molecule has 2 aromatic carbocycles. The summed E-state index contributed by atoms with van der Waals surface area (Å²) in [6, 6.07) is 14.7. The fraction of sp³-hybridized carbons (Fsp3) is 0.261. The third-order valence-corrected chi connectivity index (χ3v) is 5.09. The van der Waals surface area contributed by atoms with Crippen LogP contribution in [0.2, 0.25) is 0 Å². The number of hydrogen-bond donors (Lipinski definition) is 1. The first-order valence-corrected chi connectivity index (χ1v) is 9.66. The number of anilines is 1. The van der Waals surface area contributed by atoms with Gasteiger partial charge in [0.25, 0.3) is 0 Å². The highest BCUT2D eigenvalue weighted by atomic mass is 16.5. The summed E-state index contributed by atoms with van der Waals surface area (Å²) >= 11 is 0. The van der Waals surface area contributed by atoms with E-state index < -0.39 is 18.4 Å². The molecule has 2 aliphatic rings. The second kappa shape index (κ2) is 8.31. The molecule has 0 fully saturated rings. The summed E-state index contributed by atoms with van der Waals surface area (Å²) in [6.45, 7) is -0.661. The molecule has 148 valence electrons. The molecule has 0 unspecified atom stereocenters. The average molecular weight is 391 g/mol. The summed E-state index contributed by atoms with van der Waals surface area (Å²) in [6.07, 6.45) is 4.28. The molecule has 4 rings (SSSR count). The smallest absolute Gasteiger partial charge is 0.347 e. The van der Waals surface area contributed by atoms with E-state index in [1.165, 1.54) is 17.5 Å². The fourth-order valence-corrected chi connectivity index (χ4v) is 3.56. The summed E-state index contributed by atoms with van der Waals surface area (Å²) in [5.41, 5.74) is 3.45. The Labute approximate surface area is 168 Å². The van der Waals surface area contributed by atoms with Gasteiger partial charge in [0.05, 0.1) is 0 Å². The Hall–Kier alpha value is -3.41. The Bertz CT molecular complexity index is 994. The highest BCUT2D eigenvalue weighted by Crippen LogP contribution is 2.23. The van der Waals surface area contributed by atoms with Crippen molar-refractivity contribution in [3.8, 4) is 0 Å². The normalized spacial score (nSPS) is 15.5. The Morgan fingerprint density at radius 3 is 2.55 bits per heavy atom. The van der Waals surface area contributed by atoms with Gasteiger partial charge in [0.15, 0.2) is 24.6 Å². The van der Waals surface area contributed by atoms with Crippen molar-refractivity contribution >= 4 is 23.2 Å². The Morgan fingerprint density at radius 2 is 1.76 bits per heavy atom. The fourth-order valence-electron chi connectivity index (χ4n) is 3.56. The molecule has 0 radical (unpaired) electrons. The number of Topliss-reactive ketones (excluding diaryl/α,β-unsaturated/α-hetero) is 2. The van der Waals surface area contributed by atoms with Crippen molar-refractivity contribution in [1.82, 2.24) is 0 Å². The molecule has 0 aromatic heterocycles. The number of esters is 1. The third kappa shape index (κ3) is 4.21. The zero-order valence-electron chi connectivity index (χ0n) is 15.9. The first-order valence-electron chi connectivity index (χ1n) is 9.66. The third-order valence-electron chi connectivity index (χ3n) is 5.09. The number of carbonyl (C=O) groups is 3. The molecule has 0 bridgehead atoms. The molecule has 0 saturated heterocycles. The number of rotatable bonds is 6. The van der Waals surface area contributed by atoms with Gasteiger partial charge in [0, 0.05) is 11.3 Å². The number of benzene rings is 2. The van der Waals surface area contributed by atoms with Gasteiger partial charge in [-0.25, -0.2) is 4.79 Å². The van der Waals surface area contributed by atoms with Crippen LogP contribution in [0.4, 0.5) is 5.69 Å². The summed E-state index contributed by atoms with van der Waals surface area (Å²) in [4.78, 5) is 37.0. The molecule has 0 saturated carbocycles. The maximum atomic E-state index is 12.5. The van der Waals surface area contributed by atoms with Crippen LogP contribution in [0.5, 0.6) is 0 Å². The Morgan fingerprint density at radius 1 is 1.00 bits per heavy atom. The zero-order chi connectivity index (χ0) is 20.2. The highest BCUT2D eigenvalue weighted by molar-refractivity contribution is 6.20. The summed E-state index contributed by atoms with van der Waals surface area (Å²) in [7, 11) is 0. The van der Waals surface area contributed by atoms with Crippen molar-refractivity contribution in [2.24, 2.45) is 0 Å². The van der Waals surface area contributed by atoms with Crippen molar-refractivity contribution in [2.45, 2.75) is 25.7 Å². The van der Waals surface area contributed by atoms with Gasteiger partial charge in [0.2, 0.25) is 11.7 Å². The van der Waals surface area contributed by atoms with Gasteiger partial charge >= 0.3 is 5.97 Å². The van der Waals surface area contributed by atoms with Crippen molar-refractivity contribution in [3.63, 3.8) is 0 Å². The summed E-state index contributed by atoms with van der Waals surface area (Å²) in [5.74, 6) is -1.59. The lowest BCUT2D eigenvalue weighted by molar-refractivity contribution is -0.139. The predicted octanol–water partition coefficient (Wildman–Crippen LogP) is 3.21. The molecular formula is C23H21NO5. The number of fused-ring (bicyclic) bond motifs is 1. The number of para-hydroxylation sites is 1. The van der Waals surface area contributed by atoms with Crippen LogP contribution in [0, 0.1) is 0 Å².